The van der Waals surface area contributed by atoms with Gasteiger partial charge in [-0.2, -0.15) is 0 Å². The van der Waals surface area contributed by atoms with Crippen LogP contribution in [0.15, 0.2) is 188 Å². The molecule has 274 valence electrons. The molecular weight excluding hydrogens is 707 g/mol. The van der Waals surface area contributed by atoms with E-state index in [4.69, 9.17) is 15.0 Å². The number of benzene rings is 8. The van der Waals surface area contributed by atoms with Crippen LogP contribution < -0.4 is 0 Å². The van der Waals surface area contributed by atoms with Crippen molar-refractivity contribution >= 4 is 43.6 Å². The predicted octanol–water partition coefficient (Wildman–Crippen LogP) is 13.4. The Morgan fingerprint density at radius 2 is 0.879 bits per heavy atom. The highest BCUT2D eigenvalue weighted by atomic mass is 15.0. The lowest BCUT2D eigenvalue weighted by molar-refractivity contribution is 1.07. The van der Waals surface area contributed by atoms with Gasteiger partial charge in [-0.05, 0) is 84.6 Å². The molecule has 0 unspecified atom stereocenters. The standard InChI is InChI=1S/C53H37N5/c1-34-29-31-40(35(2)49(34)53-55-51(36-17-6-3-7-18-36)54-52(56-53)37-19-8-4-9-20-37)43-25-16-28-48-50(43)44-33-39(30-32-47(44)57(48)38-21-10-5-11-22-38)58-45-26-14-12-23-41(45)42-24-13-15-27-46(42)58/h3-33H,1-2H3. The fraction of sp³-hybridized carbons (Fsp3) is 0.0377. The van der Waals surface area contributed by atoms with E-state index in [0.29, 0.717) is 17.5 Å². The molecule has 5 heteroatoms. The van der Waals surface area contributed by atoms with Gasteiger partial charge in [-0.25, -0.2) is 15.0 Å². The molecule has 3 heterocycles. The largest absolute Gasteiger partial charge is 0.309 e. The number of hydrogen-bond acceptors (Lipinski definition) is 3. The van der Waals surface area contributed by atoms with E-state index in [1.54, 1.807) is 0 Å². The van der Waals surface area contributed by atoms with Gasteiger partial charge in [0.25, 0.3) is 0 Å². The van der Waals surface area contributed by atoms with E-state index >= 15 is 0 Å². The van der Waals surface area contributed by atoms with Crippen LogP contribution in [0.4, 0.5) is 0 Å². The van der Waals surface area contributed by atoms with Gasteiger partial charge in [-0.15, -0.1) is 0 Å². The number of para-hydroxylation sites is 3. The van der Waals surface area contributed by atoms with Gasteiger partial charge in [0.15, 0.2) is 17.5 Å². The molecule has 0 aliphatic carbocycles. The Hall–Kier alpha value is -7.63. The molecule has 0 fully saturated rings. The summed E-state index contributed by atoms with van der Waals surface area (Å²) in [7, 11) is 0. The normalized spacial score (nSPS) is 11.6. The molecule has 3 aromatic heterocycles. The first-order chi connectivity index (χ1) is 28.6. The van der Waals surface area contributed by atoms with Gasteiger partial charge in [0, 0.05) is 49.6 Å². The lowest BCUT2D eigenvalue weighted by Crippen LogP contribution is -2.03. The number of aryl methyl sites for hydroxylation is 1. The van der Waals surface area contributed by atoms with E-state index in [1.807, 2.05) is 36.4 Å². The minimum absolute atomic E-state index is 0.652. The minimum Gasteiger partial charge on any atom is -0.309 e. The number of hydrogen-bond donors (Lipinski definition) is 0. The second kappa shape index (κ2) is 13.5. The molecule has 0 spiro atoms. The summed E-state index contributed by atoms with van der Waals surface area (Å²) in [5.74, 6) is 1.97. The van der Waals surface area contributed by atoms with Crippen LogP contribution in [-0.2, 0) is 0 Å². The number of rotatable bonds is 6. The lowest BCUT2D eigenvalue weighted by atomic mass is 9.90. The molecule has 0 amide bonds. The monoisotopic (exact) mass is 743 g/mol. The number of nitrogens with zero attached hydrogens (tertiary/aromatic N) is 5. The van der Waals surface area contributed by atoms with Crippen molar-refractivity contribution in [3.05, 3.63) is 199 Å². The molecule has 0 saturated heterocycles. The zero-order chi connectivity index (χ0) is 38.7. The summed E-state index contributed by atoms with van der Waals surface area (Å²) in [5, 5.41) is 4.89. The summed E-state index contributed by atoms with van der Waals surface area (Å²) in [4.78, 5) is 15.3. The van der Waals surface area contributed by atoms with Crippen LogP contribution in [-0.4, -0.2) is 24.1 Å². The molecule has 0 N–H and O–H groups in total. The van der Waals surface area contributed by atoms with Gasteiger partial charge < -0.3 is 9.13 Å². The molecule has 11 rings (SSSR count). The van der Waals surface area contributed by atoms with E-state index in [-0.39, 0.29) is 0 Å². The van der Waals surface area contributed by atoms with Gasteiger partial charge in [-0.1, -0.05) is 140 Å². The first-order valence-corrected chi connectivity index (χ1v) is 19.7. The summed E-state index contributed by atoms with van der Waals surface area (Å²) in [6, 6.07) is 66.6. The highest BCUT2D eigenvalue weighted by Crippen LogP contribution is 2.43. The highest BCUT2D eigenvalue weighted by Gasteiger charge is 2.22. The smallest absolute Gasteiger partial charge is 0.164 e. The Bertz CT molecular complexity index is 3230. The second-order valence-corrected chi connectivity index (χ2v) is 14.9. The summed E-state index contributed by atoms with van der Waals surface area (Å²) in [6.45, 7) is 4.37. The van der Waals surface area contributed by atoms with Crippen LogP contribution >= 0.6 is 0 Å². The molecule has 58 heavy (non-hydrogen) atoms. The van der Waals surface area contributed by atoms with Gasteiger partial charge in [-0.3, -0.25) is 0 Å². The number of aromatic nitrogens is 5. The first-order valence-electron chi connectivity index (χ1n) is 19.7. The fourth-order valence-corrected chi connectivity index (χ4v) is 8.88. The van der Waals surface area contributed by atoms with Crippen LogP contribution in [0.25, 0.3) is 100 Å². The molecule has 5 nitrogen and oxygen atoms in total. The maximum absolute atomic E-state index is 5.17. The van der Waals surface area contributed by atoms with E-state index < -0.39 is 0 Å². The summed E-state index contributed by atoms with van der Waals surface area (Å²) in [6.07, 6.45) is 0. The van der Waals surface area contributed by atoms with Crippen molar-refractivity contribution in [2.24, 2.45) is 0 Å². The van der Waals surface area contributed by atoms with E-state index in [0.717, 1.165) is 61.4 Å². The Morgan fingerprint density at radius 1 is 0.362 bits per heavy atom. The lowest BCUT2D eigenvalue weighted by Gasteiger charge is -2.16. The van der Waals surface area contributed by atoms with Crippen LogP contribution in [0.3, 0.4) is 0 Å². The molecule has 0 aliphatic heterocycles. The van der Waals surface area contributed by atoms with Crippen LogP contribution in [0, 0.1) is 13.8 Å². The highest BCUT2D eigenvalue weighted by molar-refractivity contribution is 6.17. The number of fused-ring (bicyclic) bond motifs is 6. The summed E-state index contributed by atoms with van der Waals surface area (Å²) < 4.78 is 4.81. The Morgan fingerprint density at radius 3 is 1.52 bits per heavy atom. The van der Waals surface area contributed by atoms with Gasteiger partial charge in [0.1, 0.15) is 0 Å². The van der Waals surface area contributed by atoms with E-state index in [1.165, 1.54) is 32.6 Å². The zero-order valence-corrected chi connectivity index (χ0v) is 32.1. The third kappa shape index (κ3) is 5.35. The minimum atomic E-state index is 0.652. The van der Waals surface area contributed by atoms with Crippen molar-refractivity contribution in [2.45, 2.75) is 13.8 Å². The van der Waals surface area contributed by atoms with Crippen LogP contribution in [0.5, 0.6) is 0 Å². The average molecular weight is 744 g/mol. The molecule has 0 bridgehead atoms. The summed E-state index contributed by atoms with van der Waals surface area (Å²) in [5.41, 5.74) is 14.4. The third-order valence-electron chi connectivity index (χ3n) is 11.5. The maximum atomic E-state index is 5.17. The molecule has 0 radical (unpaired) electrons. The Labute approximate surface area is 336 Å². The van der Waals surface area contributed by atoms with Crippen molar-refractivity contribution in [1.29, 1.82) is 0 Å². The Balaban J connectivity index is 1.18. The topological polar surface area (TPSA) is 48.5 Å². The van der Waals surface area contributed by atoms with Crippen molar-refractivity contribution in [3.8, 4) is 56.7 Å². The first kappa shape index (κ1) is 33.7. The zero-order valence-electron chi connectivity index (χ0n) is 32.1. The van der Waals surface area contributed by atoms with Gasteiger partial charge in [0.2, 0.25) is 0 Å². The molecule has 8 aromatic carbocycles. The Kier molecular flexibility index (Phi) is 7.86. The maximum Gasteiger partial charge on any atom is 0.164 e. The third-order valence-corrected chi connectivity index (χ3v) is 11.5. The van der Waals surface area contributed by atoms with Crippen molar-refractivity contribution in [3.63, 3.8) is 0 Å². The van der Waals surface area contributed by atoms with Crippen molar-refractivity contribution in [2.75, 3.05) is 0 Å². The van der Waals surface area contributed by atoms with Gasteiger partial charge in [0.05, 0.1) is 22.1 Å². The van der Waals surface area contributed by atoms with Crippen molar-refractivity contribution < 1.29 is 0 Å². The fourth-order valence-electron chi connectivity index (χ4n) is 8.88. The predicted molar refractivity (Wildman–Crippen MR) is 240 cm³/mol. The quantitative estimate of drug-likeness (QED) is 0.170. The van der Waals surface area contributed by atoms with E-state index in [2.05, 4.69) is 175 Å². The van der Waals surface area contributed by atoms with Crippen LogP contribution in [0.1, 0.15) is 11.1 Å². The molecular formula is C53H37N5. The summed E-state index contributed by atoms with van der Waals surface area (Å²) >= 11 is 0. The average Bonchev–Trinajstić information content (AvgIpc) is 3.80. The van der Waals surface area contributed by atoms with Crippen molar-refractivity contribution in [1.82, 2.24) is 24.1 Å². The molecule has 0 aliphatic rings. The molecule has 0 saturated carbocycles. The SMILES string of the molecule is Cc1ccc(-c2cccc3c2c2cc(-n4c5ccccc5c5ccccc54)ccc2n3-c2ccccc2)c(C)c1-c1nc(-c2ccccc2)nc(-c2ccccc2)n1. The van der Waals surface area contributed by atoms with Gasteiger partial charge >= 0.3 is 0 Å². The molecule has 0 atom stereocenters. The molecule has 11 aromatic rings. The van der Waals surface area contributed by atoms with Crippen LogP contribution in [0.2, 0.25) is 0 Å². The van der Waals surface area contributed by atoms with E-state index in [9.17, 15) is 0 Å². The second-order valence-electron chi connectivity index (χ2n) is 14.9.